The number of hydrogen-bond acceptors (Lipinski definition) is 1. The molecule has 0 fully saturated rings. The SMILES string of the molecule is C=C(C)[C@@H]1CC[C@@H](C)CCC/C(C)=C/CC/C(C)=C/[C@H]1O. The summed E-state index contributed by atoms with van der Waals surface area (Å²) in [5.74, 6) is 0.947. The van der Waals surface area contributed by atoms with E-state index in [4.69, 9.17) is 0 Å². The average Bonchev–Trinajstić information content (AvgIpc) is 2.37. The number of rotatable bonds is 1. The van der Waals surface area contributed by atoms with Gasteiger partial charge in [-0.2, -0.15) is 0 Å². The van der Waals surface area contributed by atoms with E-state index < -0.39 is 0 Å². The van der Waals surface area contributed by atoms with Crippen LogP contribution in [0.4, 0.5) is 0 Å². The standard InChI is InChI=1S/C20H34O/c1-15(2)19-13-12-17(4)10-6-8-16(3)9-7-11-18(5)14-20(19)21/h9,14,17,19-21H,1,6-8,10-13H2,2-5H3/b16-9+,18-14+/t17-,19-,20+/m0/s1. The average molecular weight is 290 g/mol. The quantitative estimate of drug-likeness (QED) is 0.604. The molecular formula is C20H34O. The van der Waals surface area contributed by atoms with Crippen molar-refractivity contribution in [1.82, 2.24) is 0 Å². The Kier molecular flexibility index (Phi) is 8.03. The molecule has 0 aromatic rings. The molecule has 0 aromatic carbocycles. The van der Waals surface area contributed by atoms with Crippen molar-refractivity contribution in [2.24, 2.45) is 11.8 Å². The van der Waals surface area contributed by atoms with E-state index in [1.807, 2.05) is 0 Å². The molecule has 0 spiro atoms. The van der Waals surface area contributed by atoms with E-state index in [1.165, 1.54) is 36.8 Å². The highest BCUT2D eigenvalue weighted by molar-refractivity contribution is 5.11. The zero-order chi connectivity index (χ0) is 15.8. The lowest BCUT2D eigenvalue weighted by Crippen LogP contribution is -2.20. The van der Waals surface area contributed by atoms with Crippen LogP contribution < -0.4 is 0 Å². The Balaban J connectivity index is 2.82. The van der Waals surface area contributed by atoms with Gasteiger partial charge in [-0.05, 0) is 58.8 Å². The maximum Gasteiger partial charge on any atom is 0.0788 e. The summed E-state index contributed by atoms with van der Waals surface area (Å²) in [6.07, 6.45) is 12.2. The Morgan fingerprint density at radius 1 is 1.14 bits per heavy atom. The smallest absolute Gasteiger partial charge is 0.0788 e. The van der Waals surface area contributed by atoms with Gasteiger partial charge in [-0.15, -0.1) is 0 Å². The first kappa shape index (κ1) is 18.2. The largest absolute Gasteiger partial charge is 0.388 e. The molecule has 3 atom stereocenters. The minimum absolute atomic E-state index is 0.211. The molecule has 0 aromatic heterocycles. The second-order valence-electron chi connectivity index (χ2n) is 7.12. The fourth-order valence-electron chi connectivity index (χ4n) is 3.19. The van der Waals surface area contributed by atoms with Gasteiger partial charge < -0.3 is 5.11 Å². The normalized spacial score (nSPS) is 35.0. The van der Waals surface area contributed by atoms with Gasteiger partial charge >= 0.3 is 0 Å². The number of hydrogen-bond donors (Lipinski definition) is 1. The van der Waals surface area contributed by atoms with E-state index in [1.54, 1.807) is 0 Å². The summed E-state index contributed by atoms with van der Waals surface area (Å²) in [5, 5.41) is 10.5. The van der Waals surface area contributed by atoms with Gasteiger partial charge in [0.2, 0.25) is 0 Å². The van der Waals surface area contributed by atoms with Gasteiger partial charge in [0.25, 0.3) is 0 Å². The Bertz CT molecular complexity index is 389. The first-order valence-electron chi connectivity index (χ1n) is 8.56. The summed E-state index contributed by atoms with van der Waals surface area (Å²) in [6, 6.07) is 0. The molecule has 1 rings (SSSR count). The van der Waals surface area contributed by atoms with Crippen LogP contribution in [0.3, 0.4) is 0 Å². The Hall–Kier alpha value is -0.820. The minimum atomic E-state index is -0.372. The lowest BCUT2D eigenvalue weighted by atomic mass is 9.85. The van der Waals surface area contributed by atoms with Crippen LogP contribution in [0.5, 0.6) is 0 Å². The van der Waals surface area contributed by atoms with Crippen molar-refractivity contribution in [3.8, 4) is 0 Å². The lowest BCUT2D eigenvalue weighted by molar-refractivity contribution is 0.159. The fraction of sp³-hybridized carbons (Fsp3) is 0.700. The van der Waals surface area contributed by atoms with E-state index >= 15 is 0 Å². The third-order valence-electron chi connectivity index (χ3n) is 4.77. The van der Waals surface area contributed by atoms with Crippen LogP contribution in [-0.2, 0) is 0 Å². The van der Waals surface area contributed by atoms with Crippen molar-refractivity contribution in [3.63, 3.8) is 0 Å². The Morgan fingerprint density at radius 3 is 2.52 bits per heavy atom. The molecule has 1 heteroatoms. The minimum Gasteiger partial charge on any atom is -0.388 e. The van der Waals surface area contributed by atoms with E-state index in [9.17, 15) is 5.11 Å². The van der Waals surface area contributed by atoms with Crippen LogP contribution in [0.2, 0.25) is 0 Å². The molecule has 0 aliphatic heterocycles. The predicted octanol–water partition coefficient (Wildman–Crippen LogP) is 5.81. The van der Waals surface area contributed by atoms with Crippen LogP contribution in [0.15, 0.2) is 35.5 Å². The highest BCUT2D eigenvalue weighted by Gasteiger charge is 2.19. The van der Waals surface area contributed by atoms with Crippen LogP contribution in [-0.4, -0.2) is 11.2 Å². The zero-order valence-electron chi connectivity index (χ0n) is 14.5. The molecule has 1 aliphatic carbocycles. The molecule has 0 unspecified atom stereocenters. The molecule has 0 radical (unpaired) electrons. The number of aliphatic hydroxyl groups excluding tert-OH is 1. The van der Waals surface area contributed by atoms with Crippen LogP contribution in [0.25, 0.3) is 0 Å². The third kappa shape index (κ3) is 7.13. The van der Waals surface area contributed by atoms with Gasteiger partial charge in [0.05, 0.1) is 6.10 Å². The molecule has 1 N–H and O–H groups in total. The summed E-state index contributed by atoms with van der Waals surface area (Å²) in [6.45, 7) is 12.9. The van der Waals surface area contributed by atoms with Crippen LogP contribution >= 0.6 is 0 Å². The summed E-state index contributed by atoms with van der Waals surface area (Å²) in [4.78, 5) is 0. The number of allylic oxidation sites excluding steroid dienone is 3. The molecule has 120 valence electrons. The monoisotopic (exact) mass is 290 g/mol. The van der Waals surface area contributed by atoms with Crippen LogP contribution in [0.1, 0.15) is 72.6 Å². The van der Waals surface area contributed by atoms with E-state index in [0.717, 1.165) is 30.8 Å². The Morgan fingerprint density at radius 2 is 1.86 bits per heavy atom. The highest BCUT2D eigenvalue weighted by Crippen LogP contribution is 2.27. The first-order valence-corrected chi connectivity index (χ1v) is 8.56. The molecule has 1 aliphatic rings. The van der Waals surface area contributed by atoms with Crippen molar-refractivity contribution >= 4 is 0 Å². The van der Waals surface area contributed by atoms with E-state index in [2.05, 4.69) is 46.4 Å². The van der Waals surface area contributed by atoms with Crippen molar-refractivity contribution in [2.45, 2.75) is 78.7 Å². The van der Waals surface area contributed by atoms with Gasteiger partial charge in [0.15, 0.2) is 0 Å². The molecule has 0 saturated carbocycles. The van der Waals surface area contributed by atoms with Gasteiger partial charge in [0.1, 0.15) is 0 Å². The fourth-order valence-corrected chi connectivity index (χ4v) is 3.19. The molecule has 1 nitrogen and oxygen atoms in total. The molecular weight excluding hydrogens is 256 g/mol. The predicted molar refractivity (Wildman–Crippen MR) is 93.3 cm³/mol. The summed E-state index contributed by atoms with van der Waals surface area (Å²) in [5.41, 5.74) is 3.93. The molecule has 0 amide bonds. The lowest BCUT2D eigenvalue weighted by Gasteiger charge is -2.23. The van der Waals surface area contributed by atoms with Crippen molar-refractivity contribution in [3.05, 3.63) is 35.5 Å². The molecule has 0 saturated heterocycles. The van der Waals surface area contributed by atoms with Crippen molar-refractivity contribution < 1.29 is 5.11 Å². The third-order valence-corrected chi connectivity index (χ3v) is 4.77. The van der Waals surface area contributed by atoms with Gasteiger partial charge in [-0.3, -0.25) is 0 Å². The van der Waals surface area contributed by atoms with Gasteiger partial charge in [-0.1, -0.05) is 55.2 Å². The summed E-state index contributed by atoms with van der Waals surface area (Å²) in [7, 11) is 0. The Labute approximate surface area is 131 Å². The van der Waals surface area contributed by atoms with Crippen molar-refractivity contribution in [2.75, 3.05) is 0 Å². The first-order chi connectivity index (χ1) is 9.90. The maximum absolute atomic E-state index is 10.5. The summed E-state index contributed by atoms with van der Waals surface area (Å²) >= 11 is 0. The van der Waals surface area contributed by atoms with E-state index in [0.29, 0.717) is 0 Å². The zero-order valence-corrected chi connectivity index (χ0v) is 14.5. The molecule has 21 heavy (non-hydrogen) atoms. The topological polar surface area (TPSA) is 20.2 Å². The van der Waals surface area contributed by atoms with Crippen molar-refractivity contribution in [1.29, 1.82) is 0 Å². The highest BCUT2D eigenvalue weighted by atomic mass is 16.3. The van der Waals surface area contributed by atoms with Crippen LogP contribution in [0, 0.1) is 11.8 Å². The van der Waals surface area contributed by atoms with E-state index in [-0.39, 0.29) is 12.0 Å². The molecule has 0 heterocycles. The second-order valence-corrected chi connectivity index (χ2v) is 7.12. The summed E-state index contributed by atoms with van der Waals surface area (Å²) < 4.78 is 0. The number of aliphatic hydroxyl groups is 1. The van der Waals surface area contributed by atoms with Gasteiger partial charge in [0, 0.05) is 5.92 Å². The second kappa shape index (κ2) is 9.25. The maximum atomic E-state index is 10.5. The van der Waals surface area contributed by atoms with Gasteiger partial charge in [-0.25, -0.2) is 0 Å². The molecule has 0 bridgehead atoms.